The van der Waals surface area contributed by atoms with Crippen molar-refractivity contribution in [1.82, 2.24) is 19.2 Å². The predicted molar refractivity (Wildman–Crippen MR) is 122 cm³/mol. The van der Waals surface area contributed by atoms with Crippen molar-refractivity contribution in [1.29, 1.82) is 0 Å². The second kappa shape index (κ2) is 7.96. The molecule has 4 rings (SSSR count). The van der Waals surface area contributed by atoms with Gasteiger partial charge in [-0.15, -0.1) is 11.3 Å². The summed E-state index contributed by atoms with van der Waals surface area (Å²) in [5.41, 5.74) is 3.41. The molecule has 31 heavy (non-hydrogen) atoms. The van der Waals surface area contributed by atoms with Crippen molar-refractivity contribution >= 4 is 37.5 Å². The number of nitrogens with zero attached hydrogens (tertiary/aromatic N) is 4. The maximum atomic E-state index is 13.2. The molecular weight excluding hydrogens is 432 g/mol. The fourth-order valence-electron chi connectivity index (χ4n) is 4.08. The number of carbonyl (C=O) groups is 1. The first kappa shape index (κ1) is 21.9. The van der Waals surface area contributed by atoms with Gasteiger partial charge in [0, 0.05) is 37.3 Å². The number of aryl methyl sites for hydroxylation is 5. The van der Waals surface area contributed by atoms with E-state index in [0.717, 1.165) is 32.6 Å². The number of carbonyl (C=O) groups excluding carboxylic acids is 1. The molecule has 9 heteroatoms. The van der Waals surface area contributed by atoms with E-state index in [1.165, 1.54) is 15.6 Å². The number of sulfonamides is 1. The summed E-state index contributed by atoms with van der Waals surface area (Å²) in [6.45, 7) is 10.7. The van der Waals surface area contributed by atoms with Crippen molar-refractivity contribution in [2.45, 2.75) is 39.5 Å². The SMILES string of the molecule is Cc1ccc(C)c(S(=O)(=O)N2CCN(C(=O)c3sc4nc(C)nc(C)c4c3C)CC2)c1. The second-order valence-corrected chi connectivity index (χ2v) is 11.0. The van der Waals surface area contributed by atoms with E-state index in [1.807, 2.05) is 46.8 Å². The molecule has 0 atom stereocenters. The molecule has 1 aliphatic rings. The van der Waals surface area contributed by atoms with Gasteiger partial charge in [0.15, 0.2) is 0 Å². The molecule has 164 valence electrons. The average Bonchev–Trinajstić information content (AvgIpc) is 3.05. The van der Waals surface area contributed by atoms with Crippen molar-refractivity contribution < 1.29 is 13.2 Å². The van der Waals surface area contributed by atoms with Gasteiger partial charge >= 0.3 is 0 Å². The third-order valence-corrected chi connectivity index (χ3v) is 8.98. The molecule has 1 aliphatic heterocycles. The number of rotatable bonds is 3. The highest BCUT2D eigenvalue weighted by Crippen LogP contribution is 2.32. The van der Waals surface area contributed by atoms with Crippen LogP contribution in [0.5, 0.6) is 0 Å². The Kier molecular flexibility index (Phi) is 5.61. The van der Waals surface area contributed by atoms with Gasteiger partial charge in [0.25, 0.3) is 5.91 Å². The molecule has 0 aliphatic carbocycles. The van der Waals surface area contributed by atoms with Crippen LogP contribution in [0.25, 0.3) is 10.2 Å². The summed E-state index contributed by atoms with van der Waals surface area (Å²) in [4.78, 5) is 25.7. The molecule has 7 nitrogen and oxygen atoms in total. The van der Waals surface area contributed by atoms with Crippen molar-refractivity contribution in [2.75, 3.05) is 26.2 Å². The first-order valence-corrected chi connectivity index (χ1v) is 12.5. The summed E-state index contributed by atoms with van der Waals surface area (Å²) in [6.07, 6.45) is 0. The van der Waals surface area contributed by atoms with Crippen LogP contribution in [0.15, 0.2) is 23.1 Å². The molecular formula is C22H26N4O3S2. The predicted octanol–water partition coefficient (Wildman–Crippen LogP) is 3.38. The fourth-order valence-corrected chi connectivity index (χ4v) is 7.05. The minimum absolute atomic E-state index is 0.0682. The van der Waals surface area contributed by atoms with Crippen molar-refractivity contribution in [2.24, 2.45) is 0 Å². The lowest BCUT2D eigenvalue weighted by Crippen LogP contribution is -2.50. The summed E-state index contributed by atoms with van der Waals surface area (Å²) < 4.78 is 27.8. The first-order chi connectivity index (χ1) is 14.6. The molecule has 1 saturated heterocycles. The number of hydrogen-bond donors (Lipinski definition) is 0. The molecule has 0 radical (unpaired) electrons. The Hall–Kier alpha value is -2.36. The molecule has 0 bridgehead atoms. The van der Waals surface area contributed by atoms with Crippen LogP contribution < -0.4 is 0 Å². The van der Waals surface area contributed by atoms with Gasteiger partial charge in [0.2, 0.25) is 10.0 Å². The first-order valence-electron chi connectivity index (χ1n) is 10.2. The molecule has 1 fully saturated rings. The Morgan fingerprint density at radius 3 is 2.35 bits per heavy atom. The van der Waals surface area contributed by atoms with E-state index in [-0.39, 0.29) is 19.0 Å². The van der Waals surface area contributed by atoms with Crippen LogP contribution in [0, 0.1) is 34.6 Å². The van der Waals surface area contributed by atoms with E-state index >= 15 is 0 Å². The van der Waals surface area contributed by atoms with Crippen LogP contribution in [0.3, 0.4) is 0 Å². The van der Waals surface area contributed by atoms with Crippen LogP contribution in [0.1, 0.15) is 37.9 Å². The maximum absolute atomic E-state index is 13.2. The summed E-state index contributed by atoms with van der Waals surface area (Å²) in [5, 5.41) is 0.940. The van der Waals surface area contributed by atoms with Gasteiger partial charge in [-0.3, -0.25) is 4.79 Å². The van der Waals surface area contributed by atoms with E-state index in [0.29, 0.717) is 28.7 Å². The molecule has 2 aromatic heterocycles. The monoisotopic (exact) mass is 458 g/mol. The smallest absolute Gasteiger partial charge is 0.264 e. The van der Waals surface area contributed by atoms with E-state index < -0.39 is 10.0 Å². The Labute approximate surface area is 186 Å². The number of piperazine rings is 1. The summed E-state index contributed by atoms with van der Waals surface area (Å²) >= 11 is 1.39. The zero-order valence-electron chi connectivity index (χ0n) is 18.4. The fraction of sp³-hybridized carbons (Fsp3) is 0.409. The van der Waals surface area contributed by atoms with Gasteiger partial charge in [0.1, 0.15) is 10.7 Å². The summed E-state index contributed by atoms with van der Waals surface area (Å²) in [6, 6.07) is 5.46. The van der Waals surface area contributed by atoms with Crippen molar-refractivity contribution in [3.05, 3.63) is 51.3 Å². The quantitative estimate of drug-likeness (QED) is 0.601. The number of benzene rings is 1. The molecule has 1 amide bonds. The molecule has 0 N–H and O–H groups in total. The highest BCUT2D eigenvalue weighted by atomic mass is 32.2. The Bertz CT molecular complexity index is 1290. The average molecular weight is 459 g/mol. The summed E-state index contributed by atoms with van der Waals surface area (Å²) in [5.74, 6) is 0.622. The standard InChI is InChI=1S/C22H26N4O3S2/c1-13-6-7-14(2)18(12-13)31(28,29)26-10-8-25(9-11-26)22(27)20-15(3)19-16(4)23-17(5)24-21(19)30-20/h6-7,12H,8-11H2,1-5H3. The topological polar surface area (TPSA) is 83.5 Å². The Morgan fingerprint density at radius 1 is 1.00 bits per heavy atom. The van der Waals surface area contributed by atoms with Crippen LogP contribution in [0.4, 0.5) is 0 Å². The zero-order chi connectivity index (χ0) is 22.5. The minimum Gasteiger partial charge on any atom is -0.335 e. The summed E-state index contributed by atoms with van der Waals surface area (Å²) in [7, 11) is -3.59. The van der Waals surface area contributed by atoms with Crippen molar-refractivity contribution in [3.63, 3.8) is 0 Å². The highest BCUT2D eigenvalue weighted by molar-refractivity contribution is 7.89. The lowest BCUT2D eigenvalue weighted by molar-refractivity contribution is 0.0702. The maximum Gasteiger partial charge on any atom is 0.264 e. The molecule has 3 aromatic rings. The van der Waals surface area contributed by atoms with E-state index in [4.69, 9.17) is 0 Å². The largest absolute Gasteiger partial charge is 0.335 e. The third kappa shape index (κ3) is 3.86. The molecule has 0 spiro atoms. The van der Waals surface area contributed by atoms with E-state index in [9.17, 15) is 13.2 Å². The van der Waals surface area contributed by atoms with Gasteiger partial charge in [-0.05, 0) is 57.4 Å². The van der Waals surface area contributed by atoms with Gasteiger partial charge in [-0.2, -0.15) is 4.31 Å². The van der Waals surface area contributed by atoms with Crippen LogP contribution in [-0.2, 0) is 10.0 Å². The third-order valence-electron chi connectivity index (χ3n) is 5.76. The van der Waals surface area contributed by atoms with Crippen LogP contribution in [-0.4, -0.2) is 59.7 Å². The molecule has 1 aromatic carbocycles. The van der Waals surface area contributed by atoms with E-state index in [1.54, 1.807) is 11.0 Å². The molecule has 0 unspecified atom stereocenters. The zero-order valence-corrected chi connectivity index (χ0v) is 20.0. The number of hydrogen-bond acceptors (Lipinski definition) is 6. The number of aromatic nitrogens is 2. The Balaban J connectivity index is 1.55. The minimum atomic E-state index is -3.59. The van der Waals surface area contributed by atoms with E-state index in [2.05, 4.69) is 9.97 Å². The number of fused-ring (bicyclic) bond motifs is 1. The van der Waals surface area contributed by atoms with Crippen LogP contribution >= 0.6 is 11.3 Å². The van der Waals surface area contributed by atoms with Gasteiger partial charge in [0.05, 0.1) is 9.77 Å². The van der Waals surface area contributed by atoms with Crippen molar-refractivity contribution in [3.8, 4) is 0 Å². The Morgan fingerprint density at radius 2 is 1.68 bits per heavy atom. The van der Waals surface area contributed by atoms with Gasteiger partial charge in [-0.25, -0.2) is 18.4 Å². The molecule has 3 heterocycles. The normalized spacial score (nSPS) is 15.6. The van der Waals surface area contributed by atoms with Gasteiger partial charge in [-0.1, -0.05) is 12.1 Å². The lowest BCUT2D eigenvalue weighted by atomic mass is 10.1. The van der Waals surface area contributed by atoms with Crippen LogP contribution in [0.2, 0.25) is 0 Å². The van der Waals surface area contributed by atoms with Gasteiger partial charge < -0.3 is 4.90 Å². The molecule has 0 saturated carbocycles. The lowest BCUT2D eigenvalue weighted by Gasteiger charge is -2.34. The number of thiophene rings is 1. The number of amides is 1. The highest BCUT2D eigenvalue weighted by Gasteiger charge is 2.32. The second-order valence-electron chi connectivity index (χ2n) is 8.06.